The third-order valence-corrected chi connectivity index (χ3v) is 5.08. The fraction of sp³-hybridized carbons (Fsp3) is 0.360. The number of ether oxygens (including phenoxy) is 1. The number of carbonyl (C=O) groups is 1. The number of allylic oxidation sites excluding steroid dienone is 2. The monoisotopic (exact) mass is 444 g/mol. The summed E-state index contributed by atoms with van der Waals surface area (Å²) in [6, 6.07) is 5.59. The van der Waals surface area contributed by atoms with Gasteiger partial charge in [-0.1, -0.05) is 37.3 Å². The summed E-state index contributed by atoms with van der Waals surface area (Å²) in [5.74, 6) is -0.205. The molecule has 1 atom stereocenters. The molecule has 32 heavy (non-hydrogen) atoms. The highest BCUT2D eigenvalue weighted by Crippen LogP contribution is 2.37. The Bertz CT molecular complexity index is 1150. The molecule has 4 nitrogen and oxygen atoms in total. The lowest BCUT2D eigenvalue weighted by atomic mass is 10.0. The van der Waals surface area contributed by atoms with Crippen LogP contribution in [0.25, 0.3) is 12.2 Å². The average Bonchev–Trinajstić information content (AvgIpc) is 2.69. The zero-order chi connectivity index (χ0) is 23.5. The maximum absolute atomic E-state index is 13.5. The second-order valence-corrected chi connectivity index (χ2v) is 8.24. The highest BCUT2D eigenvalue weighted by molar-refractivity contribution is 5.95. The molecule has 1 aliphatic rings. The van der Waals surface area contributed by atoms with Crippen LogP contribution in [-0.2, 0) is 12.7 Å². The third-order valence-electron chi connectivity index (χ3n) is 5.08. The summed E-state index contributed by atoms with van der Waals surface area (Å²) in [6.07, 6.45) is 3.91. The fourth-order valence-corrected chi connectivity index (χ4v) is 3.43. The van der Waals surface area contributed by atoms with Crippen molar-refractivity contribution in [3.63, 3.8) is 0 Å². The maximum Gasteiger partial charge on any atom is 0.419 e. The van der Waals surface area contributed by atoms with Crippen LogP contribution < -0.4 is 20.6 Å². The molecule has 0 fully saturated rings. The number of nitrogens with one attached hydrogen (secondary N) is 1. The first-order valence-electron chi connectivity index (χ1n) is 10.6. The minimum Gasteiger partial charge on any atom is -0.490 e. The summed E-state index contributed by atoms with van der Waals surface area (Å²) < 4.78 is 45.7. The molecule has 170 valence electrons. The molecule has 0 aliphatic heterocycles. The largest absolute Gasteiger partial charge is 0.490 e. The predicted octanol–water partition coefficient (Wildman–Crippen LogP) is 4.28. The van der Waals surface area contributed by atoms with Crippen molar-refractivity contribution in [2.75, 3.05) is 0 Å². The number of aromatic nitrogens is 1. The summed E-state index contributed by atoms with van der Waals surface area (Å²) in [5, 5.41) is 4.36. The fourth-order valence-electron chi connectivity index (χ4n) is 3.43. The predicted molar refractivity (Wildman–Crippen MR) is 118 cm³/mol. The molecule has 3 rings (SSSR count). The molecule has 2 aromatic rings. The van der Waals surface area contributed by atoms with Gasteiger partial charge in [0.2, 0.25) is 0 Å². The van der Waals surface area contributed by atoms with Gasteiger partial charge in [-0.25, -0.2) is 0 Å². The van der Waals surface area contributed by atoms with Crippen molar-refractivity contribution in [2.45, 2.75) is 52.9 Å². The summed E-state index contributed by atoms with van der Waals surface area (Å²) >= 11 is 0. The van der Waals surface area contributed by atoms with E-state index >= 15 is 0 Å². The molecule has 0 bridgehead atoms. The first kappa shape index (κ1) is 23.6. The SMILES string of the molecule is Cc1nc2c(cc1C(=O)NCc1ccc(OC(C)C)c(C(F)(F)F)c1)=CC=CC(C)CC=2. The summed E-state index contributed by atoms with van der Waals surface area (Å²) in [4.78, 5) is 17.3. The average molecular weight is 444 g/mol. The zero-order valence-corrected chi connectivity index (χ0v) is 18.6. The van der Waals surface area contributed by atoms with Crippen molar-refractivity contribution < 1.29 is 22.7 Å². The second kappa shape index (κ2) is 9.59. The molecule has 1 aromatic heterocycles. The molecule has 7 heteroatoms. The number of fused-ring (bicyclic) bond motifs is 1. The van der Waals surface area contributed by atoms with Crippen LogP contribution in [0.4, 0.5) is 13.2 Å². The number of benzene rings is 1. The molecular weight excluding hydrogens is 417 g/mol. The van der Waals surface area contributed by atoms with Gasteiger partial charge in [0.25, 0.3) is 5.91 Å². The number of hydrogen-bond donors (Lipinski definition) is 1. The van der Waals surface area contributed by atoms with Gasteiger partial charge in [0, 0.05) is 11.8 Å². The van der Waals surface area contributed by atoms with Crippen molar-refractivity contribution >= 4 is 18.1 Å². The van der Waals surface area contributed by atoms with Gasteiger partial charge in [0.05, 0.1) is 28.3 Å². The van der Waals surface area contributed by atoms with Gasteiger partial charge in [0.1, 0.15) is 5.75 Å². The lowest BCUT2D eigenvalue weighted by Crippen LogP contribution is -2.34. The Morgan fingerprint density at radius 3 is 2.72 bits per heavy atom. The molecule has 1 aliphatic carbocycles. The standard InChI is InChI=1S/C25H27F3N2O2/c1-15(2)32-23-11-9-18(12-21(23)25(26,27)28)14-29-24(31)20-13-19-7-5-6-16(3)8-10-22(19)30-17(20)4/h5-7,9-13,15-16H,8,14H2,1-4H3,(H,29,31). The van der Waals surface area contributed by atoms with E-state index in [9.17, 15) is 18.0 Å². The van der Waals surface area contributed by atoms with Gasteiger partial charge in [-0.15, -0.1) is 0 Å². The van der Waals surface area contributed by atoms with Gasteiger partial charge >= 0.3 is 6.18 Å². The van der Waals surface area contributed by atoms with Crippen LogP contribution >= 0.6 is 0 Å². The molecular formula is C25H27F3N2O2. The van der Waals surface area contributed by atoms with E-state index in [4.69, 9.17) is 4.74 Å². The van der Waals surface area contributed by atoms with Crippen LogP contribution in [0.15, 0.2) is 36.4 Å². The quantitative estimate of drug-likeness (QED) is 0.749. The maximum atomic E-state index is 13.5. The Labute approximate surface area is 185 Å². The van der Waals surface area contributed by atoms with E-state index in [1.54, 1.807) is 26.8 Å². The van der Waals surface area contributed by atoms with E-state index in [0.717, 1.165) is 23.1 Å². The summed E-state index contributed by atoms with van der Waals surface area (Å²) in [7, 11) is 0. The molecule has 1 unspecified atom stereocenters. The lowest BCUT2D eigenvalue weighted by molar-refractivity contribution is -0.139. The van der Waals surface area contributed by atoms with E-state index in [0.29, 0.717) is 22.7 Å². The minimum absolute atomic E-state index is 0.0480. The number of halogens is 3. The molecule has 0 saturated heterocycles. The Morgan fingerprint density at radius 1 is 1.28 bits per heavy atom. The van der Waals surface area contributed by atoms with E-state index in [1.165, 1.54) is 12.1 Å². The number of alkyl halides is 3. The van der Waals surface area contributed by atoms with Gasteiger partial charge in [-0.2, -0.15) is 13.2 Å². The molecule has 0 spiro atoms. The van der Waals surface area contributed by atoms with Crippen LogP contribution in [0.2, 0.25) is 0 Å². The second-order valence-electron chi connectivity index (χ2n) is 8.24. The number of amides is 1. The van der Waals surface area contributed by atoms with Crippen molar-refractivity contribution in [3.05, 3.63) is 69.4 Å². The van der Waals surface area contributed by atoms with E-state index in [-0.39, 0.29) is 24.3 Å². The van der Waals surface area contributed by atoms with Crippen LogP contribution in [0.1, 0.15) is 54.4 Å². The van der Waals surface area contributed by atoms with Crippen LogP contribution in [-0.4, -0.2) is 17.0 Å². The highest BCUT2D eigenvalue weighted by atomic mass is 19.4. The van der Waals surface area contributed by atoms with Crippen LogP contribution in [0, 0.1) is 12.8 Å². The first-order valence-corrected chi connectivity index (χ1v) is 10.6. The van der Waals surface area contributed by atoms with Crippen molar-refractivity contribution in [1.29, 1.82) is 0 Å². The Balaban J connectivity index is 1.83. The Morgan fingerprint density at radius 2 is 2.03 bits per heavy atom. The number of aryl methyl sites for hydroxylation is 1. The zero-order valence-electron chi connectivity index (χ0n) is 18.6. The van der Waals surface area contributed by atoms with E-state index in [1.807, 2.05) is 18.2 Å². The van der Waals surface area contributed by atoms with Crippen LogP contribution in [0.3, 0.4) is 0 Å². The van der Waals surface area contributed by atoms with Crippen molar-refractivity contribution in [3.8, 4) is 5.75 Å². The first-order chi connectivity index (χ1) is 15.0. The number of nitrogens with zero attached hydrogens (tertiary/aromatic N) is 1. The molecule has 1 N–H and O–H groups in total. The van der Waals surface area contributed by atoms with Crippen LogP contribution in [0.5, 0.6) is 5.75 Å². The number of rotatable bonds is 5. The summed E-state index contributed by atoms with van der Waals surface area (Å²) in [5.41, 5.74) is 0.435. The Hall–Kier alpha value is -3.09. The van der Waals surface area contributed by atoms with Crippen molar-refractivity contribution in [1.82, 2.24) is 10.3 Å². The topological polar surface area (TPSA) is 51.2 Å². The van der Waals surface area contributed by atoms with E-state index in [2.05, 4.69) is 23.3 Å². The van der Waals surface area contributed by atoms with Gasteiger partial charge in [0.15, 0.2) is 0 Å². The summed E-state index contributed by atoms with van der Waals surface area (Å²) in [6.45, 7) is 7.15. The molecule has 1 amide bonds. The van der Waals surface area contributed by atoms with Gasteiger partial charge in [-0.05, 0) is 56.9 Å². The Kier molecular flexibility index (Phi) is 7.06. The van der Waals surface area contributed by atoms with Gasteiger partial charge in [-0.3, -0.25) is 9.78 Å². The smallest absolute Gasteiger partial charge is 0.419 e. The molecule has 1 heterocycles. The third kappa shape index (κ3) is 5.78. The number of pyridine rings is 1. The minimum atomic E-state index is -4.56. The van der Waals surface area contributed by atoms with Gasteiger partial charge < -0.3 is 10.1 Å². The normalized spacial score (nSPS) is 15.8. The van der Waals surface area contributed by atoms with Crippen molar-refractivity contribution in [2.24, 2.45) is 5.92 Å². The molecule has 1 aromatic carbocycles. The molecule has 0 saturated carbocycles. The van der Waals surface area contributed by atoms with E-state index < -0.39 is 11.7 Å². The number of carbonyl (C=O) groups excluding carboxylic acids is 1. The number of hydrogen-bond acceptors (Lipinski definition) is 3. The lowest BCUT2D eigenvalue weighted by Gasteiger charge is -2.17. The molecule has 0 radical (unpaired) electrons. The highest BCUT2D eigenvalue weighted by Gasteiger charge is 2.35.